The van der Waals surface area contributed by atoms with Crippen molar-refractivity contribution in [3.05, 3.63) is 23.2 Å². The summed E-state index contributed by atoms with van der Waals surface area (Å²) >= 11 is 23.1. The zero-order valence-corrected chi connectivity index (χ0v) is 14.4. The van der Waals surface area contributed by atoms with Crippen molar-refractivity contribution in [2.75, 3.05) is 43.4 Å². The molecule has 1 aliphatic rings. The van der Waals surface area contributed by atoms with Crippen LogP contribution in [0, 0.1) is 0 Å². The van der Waals surface area contributed by atoms with Crippen molar-refractivity contribution in [3.63, 3.8) is 0 Å². The standard InChI is InChI=1S/C13H15Cl4N3O/c1-19-5-7-20(8-6-19)11-9(14)3-2-4-10(11)18-12(21)13(15,16)17/h2-4H,5-8H2,1H3,(H,18,21). The van der Waals surface area contributed by atoms with Crippen LogP contribution in [0.4, 0.5) is 11.4 Å². The average Bonchev–Trinajstić information content (AvgIpc) is 2.39. The van der Waals surface area contributed by atoms with Crippen LogP contribution >= 0.6 is 46.4 Å². The van der Waals surface area contributed by atoms with Crippen molar-refractivity contribution >= 4 is 63.7 Å². The smallest absolute Gasteiger partial charge is 0.276 e. The number of rotatable bonds is 2. The molecule has 0 saturated carbocycles. The number of benzene rings is 1. The lowest BCUT2D eigenvalue weighted by Gasteiger charge is -2.35. The molecule has 1 fully saturated rings. The van der Waals surface area contributed by atoms with Crippen LogP contribution in [0.2, 0.25) is 5.02 Å². The number of nitrogens with zero attached hydrogens (tertiary/aromatic N) is 2. The van der Waals surface area contributed by atoms with Crippen LogP contribution < -0.4 is 10.2 Å². The van der Waals surface area contributed by atoms with Crippen LogP contribution in [0.3, 0.4) is 0 Å². The van der Waals surface area contributed by atoms with Gasteiger partial charge in [-0.3, -0.25) is 4.79 Å². The number of hydrogen-bond acceptors (Lipinski definition) is 3. The maximum atomic E-state index is 11.9. The largest absolute Gasteiger partial charge is 0.366 e. The number of likely N-dealkylation sites (N-methyl/N-ethyl adjacent to an activating group) is 1. The highest BCUT2D eigenvalue weighted by atomic mass is 35.6. The second kappa shape index (κ2) is 6.80. The van der Waals surface area contributed by atoms with Gasteiger partial charge in [0.15, 0.2) is 0 Å². The highest BCUT2D eigenvalue weighted by molar-refractivity contribution is 6.76. The Kier molecular flexibility index (Phi) is 5.49. The van der Waals surface area contributed by atoms with Crippen molar-refractivity contribution in [2.45, 2.75) is 3.79 Å². The summed E-state index contributed by atoms with van der Waals surface area (Å²) < 4.78 is -2.01. The Bertz CT molecular complexity index is 525. The Balaban J connectivity index is 2.26. The minimum absolute atomic E-state index is 0.545. The van der Waals surface area contributed by atoms with E-state index in [9.17, 15) is 4.79 Å². The first-order valence-electron chi connectivity index (χ1n) is 6.39. The normalized spacial score (nSPS) is 16.9. The molecule has 1 aliphatic heterocycles. The summed E-state index contributed by atoms with van der Waals surface area (Å²) in [6.45, 7) is 3.47. The van der Waals surface area contributed by atoms with E-state index in [1.165, 1.54) is 0 Å². The van der Waals surface area contributed by atoms with Crippen molar-refractivity contribution in [1.29, 1.82) is 0 Å². The number of hydrogen-bond donors (Lipinski definition) is 1. The Hall–Kier alpha value is -0.390. The molecule has 1 saturated heterocycles. The first-order valence-corrected chi connectivity index (χ1v) is 7.90. The molecule has 1 aromatic carbocycles. The Morgan fingerprint density at radius 1 is 1.19 bits per heavy atom. The van der Waals surface area contributed by atoms with Crippen molar-refractivity contribution in [2.24, 2.45) is 0 Å². The van der Waals surface area contributed by atoms with Gasteiger partial charge in [0.05, 0.1) is 16.4 Å². The molecular formula is C13H15Cl4N3O. The molecule has 1 N–H and O–H groups in total. The van der Waals surface area contributed by atoms with E-state index in [2.05, 4.69) is 22.2 Å². The van der Waals surface area contributed by atoms with E-state index >= 15 is 0 Å². The van der Waals surface area contributed by atoms with E-state index in [-0.39, 0.29) is 0 Å². The lowest BCUT2D eigenvalue weighted by atomic mass is 10.2. The van der Waals surface area contributed by atoms with E-state index in [0.29, 0.717) is 10.7 Å². The van der Waals surface area contributed by atoms with E-state index in [4.69, 9.17) is 46.4 Å². The molecule has 1 heterocycles. The zero-order chi connectivity index (χ0) is 15.6. The third-order valence-electron chi connectivity index (χ3n) is 3.31. The van der Waals surface area contributed by atoms with Gasteiger partial charge in [-0.05, 0) is 19.2 Å². The van der Waals surface area contributed by atoms with Gasteiger partial charge >= 0.3 is 0 Å². The van der Waals surface area contributed by atoms with Gasteiger partial charge in [-0.25, -0.2) is 0 Å². The van der Waals surface area contributed by atoms with Crippen molar-refractivity contribution in [1.82, 2.24) is 4.90 Å². The number of halogens is 4. The van der Waals surface area contributed by atoms with E-state index < -0.39 is 9.70 Å². The topological polar surface area (TPSA) is 35.6 Å². The van der Waals surface area contributed by atoms with Gasteiger partial charge < -0.3 is 15.1 Å². The number of amides is 1. The fourth-order valence-corrected chi connectivity index (χ4v) is 2.60. The molecule has 0 spiro atoms. The summed E-state index contributed by atoms with van der Waals surface area (Å²) in [4.78, 5) is 16.2. The summed E-state index contributed by atoms with van der Waals surface area (Å²) in [5.41, 5.74) is 1.30. The number of carbonyl (C=O) groups is 1. The first-order chi connectivity index (χ1) is 9.79. The van der Waals surface area contributed by atoms with E-state index in [1.807, 2.05) is 0 Å². The van der Waals surface area contributed by atoms with Crippen molar-refractivity contribution < 1.29 is 4.79 Å². The molecule has 0 bridgehead atoms. The molecular weight excluding hydrogens is 356 g/mol. The molecule has 4 nitrogen and oxygen atoms in total. The molecule has 1 amide bonds. The minimum atomic E-state index is -2.01. The van der Waals surface area contributed by atoms with Crippen molar-refractivity contribution in [3.8, 4) is 0 Å². The van der Waals surface area contributed by atoms with Crippen LogP contribution in [0.15, 0.2) is 18.2 Å². The second-order valence-electron chi connectivity index (χ2n) is 4.88. The van der Waals surface area contributed by atoms with Gasteiger partial charge in [-0.15, -0.1) is 0 Å². The molecule has 0 atom stereocenters. The molecule has 0 aromatic heterocycles. The number of piperazine rings is 1. The number of carbonyl (C=O) groups excluding carboxylic acids is 1. The maximum Gasteiger partial charge on any atom is 0.276 e. The highest BCUT2D eigenvalue weighted by Crippen LogP contribution is 2.36. The molecule has 116 valence electrons. The summed E-state index contributed by atoms with van der Waals surface area (Å²) in [5, 5.41) is 3.18. The summed E-state index contributed by atoms with van der Waals surface area (Å²) in [5.74, 6) is -0.704. The van der Waals surface area contributed by atoms with Crippen LogP contribution in [-0.2, 0) is 4.79 Å². The first kappa shape index (κ1) is 17.0. The summed E-state index contributed by atoms with van der Waals surface area (Å²) in [6.07, 6.45) is 0. The van der Waals surface area contributed by atoms with Gasteiger partial charge in [0.1, 0.15) is 0 Å². The maximum absolute atomic E-state index is 11.9. The lowest BCUT2D eigenvalue weighted by molar-refractivity contribution is -0.115. The van der Waals surface area contributed by atoms with Crippen LogP contribution in [-0.4, -0.2) is 47.8 Å². The Morgan fingerprint density at radius 2 is 1.81 bits per heavy atom. The van der Waals surface area contributed by atoms with Gasteiger partial charge in [-0.2, -0.15) is 0 Å². The fourth-order valence-electron chi connectivity index (χ4n) is 2.16. The number of para-hydroxylation sites is 1. The molecule has 0 radical (unpaired) electrons. The molecule has 8 heteroatoms. The molecule has 2 rings (SSSR count). The number of alkyl halides is 3. The fraction of sp³-hybridized carbons (Fsp3) is 0.462. The van der Waals surface area contributed by atoms with Gasteiger partial charge in [0.2, 0.25) is 0 Å². The average molecular weight is 371 g/mol. The van der Waals surface area contributed by atoms with Gasteiger partial charge in [0.25, 0.3) is 9.70 Å². The minimum Gasteiger partial charge on any atom is -0.366 e. The van der Waals surface area contributed by atoms with Gasteiger partial charge in [-0.1, -0.05) is 52.5 Å². The zero-order valence-electron chi connectivity index (χ0n) is 11.4. The molecule has 0 aliphatic carbocycles. The third-order valence-corrected chi connectivity index (χ3v) is 4.13. The Morgan fingerprint density at radius 3 is 2.38 bits per heavy atom. The second-order valence-corrected chi connectivity index (χ2v) is 7.57. The van der Waals surface area contributed by atoms with Gasteiger partial charge in [0, 0.05) is 26.2 Å². The van der Waals surface area contributed by atoms with Crippen LogP contribution in [0.1, 0.15) is 0 Å². The highest BCUT2D eigenvalue weighted by Gasteiger charge is 2.32. The van der Waals surface area contributed by atoms with E-state index in [1.54, 1.807) is 18.2 Å². The van der Waals surface area contributed by atoms with E-state index in [0.717, 1.165) is 31.9 Å². The third kappa shape index (κ3) is 4.30. The molecule has 1 aromatic rings. The number of anilines is 2. The number of nitrogens with one attached hydrogen (secondary N) is 1. The SMILES string of the molecule is CN1CCN(c2c(Cl)cccc2NC(=O)C(Cl)(Cl)Cl)CC1. The van der Waals surface area contributed by atoms with Crippen LogP contribution in [0.25, 0.3) is 0 Å². The van der Waals surface area contributed by atoms with Crippen LogP contribution in [0.5, 0.6) is 0 Å². The predicted molar refractivity (Wildman–Crippen MR) is 90.1 cm³/mol. The molecule has 0 unspecified atom stereocenters. The molecule has 21 heavy (non-hydrogen) atoms. The monoisotopic (exact) mass is 369 g/mol. The quantitative estimate of drug-likeness (QED) is 0.810. The Labute approximate surface area is 143 Å². The lowest BCUT2D eigenvalue weighted by Crippen LogP contribution is -2.45. The predicted octanol–water partition coefficient (Wildman–Crippen LogP) is 3.40. The summed E-state index contributed by atoms with van der Waals surface area (Å²) in [6, 6.07) is 5.27. The summed E-state index contributed by atoms with van der Waals surface area (Å²) in [7, 11) is 2.06.